The highest BCUT2D eigenvalue weighted by Gasteiger charge is 2.50. The molecule has 1 aromatic rings. The predicted octanol–water partition coefficient (Wildman–Crippen LogP) is 2.03. The molecule has 1 aromatic carbocycles. The molecule has 0 bridgehead atoms. The highest BCUT2D eigenvalue weighted by Crippen LogP contribution is 2.42. The molecule has 5 nitrogen and oxygen atoms in total. The van der Waals surface area contributed by atoms with Crippen molar-refractivity contribution in [3.63, 3.8) is 0 Å². The summed E-state index contributed by atoms with van der Waals surface area (Å²) in [5.74, 6) is -0.748. The van der Waals surface area contributed by atoms with Crippen molar-refractivity contribution in [2.75, 3.05) is 13.8 Å². The molecule has 2 rings (SSSR count). The monoisotopic (exact) mass is 281 g/mol. The number of carbonyl (C=O) groups is 2. The van der Waals surface area contributed by atoms with Crippen molar-refractivity contribution >= 4 is 11.9 Å². The molecule has 0 N–H and O–H groups in total. The average molecular weight is 281 g/mol. The van der Waals surface area contributed by atoms with Gasteiger partial charge in [0.05, 0.1) is 19.7 Å². The number of amides is 1. The summed E-state index contributed by atoms with van der Waals surface area (Å²) in [5, 5.41) is 1.02. The first-order valence-corrected chi connectivity index (χ1v) is 6.30. The Morgan fingerprint density at radius 3 is 2.50 bits per heavy atom. The Kier molecular flexibility index (Phi) is 4.22. The predicted molar refractivity (Wildman–Crippen MR) is 68.4 cm³/mol. The highest BCUT2D eigenvalue weighted by atomic mass is 19.1. The molecule has 1 fully saturated rings. The molecule has 0 saturated carbocycles. The second kappa shape index (κ2) is 5.90. The Morgan fingerprint density at radius 2 is 2.00 bits per heavy atom. The number of hydrogen-bond acceptors (Lipinski definition) is 4. The standard InChI is InChI=1S/C14H16FNO4/c1-9(17)20-16-13(12(7-8-15)14(16)18)10-3-5-11(19-2)6-4-10/h3-6,12-13H,7-8H2,1-2H3/t12-,13-/m1/s1. The Hall–Kier alpha value is -2.11. The van der Waals surface area contributed by atoms with Crippen LogP contribution in [-0.2, 0) is 14.4 Å². The van der Waals surface area contributed by atoms with Gasteiger partial charge >= 0.3 is 5.97 Å². The number of halogens is 1. The van der Waals surface area contributed by atoms with Gasteiger partial charge in [-0.1, -0.05) is 12.1 Å². The molecule has 20 heavy (non-hydrogen) atoms. The molecule has 0 spiro atoms. The van der Waals surface area contributed by atoms with E-state index in [0.717, 1.165) is 10.6 Å². The summed E-state index contributed by atoms with van der Waals surface area (Å²) in [6.45, 7) is 0.637. The molecule has 1 heterocycles. The number of benzene rings is 1. The van der Waals surface area contributed by atoms with Crippen molar-refractivity contribution in [2.24, 2.45) is 5.92 Å². The zero-order chi connectivity index (χ0) is 14.7. The zero-order valence-electron chi connectivity index (χ0n) is 11.3. The van der Waals surface area contributed by atoms with Crippen LogP contribution in [0.2, 0.25) is 0 Å². The van der Waals surface area contributed by atoms with Gasteiger partial charge in [-0.15, -0.1) is 0 Å². The average Bonchev–Trinajstić information content (AvgIpc) is 2.45. The molecule has 1 amide bonds. The Labute approximate surface area is 116 Å². The van der Waals surface area contributed by atoms with Gasteiger partial charge in [-0.2, -0.15) is 5.06 Å². The fraction of sp³-hybridized carbons (Fsp3) is 0.429. The third kappa shape index (κ3) is 2.59. The van der Waals surface area contributed by atoms with Gasteiger partial charge in [0.1, 0.15) is 11.8 Å². The van der Waals surface area contributed by atoms with Crippen LogP contribution in [0.3, 0.4) is 0 Å². The number of hydroxylamine groups is 2. The smallest absolute Gasteiger partial charge is 0.329 e. The van der Waals surface area contributed by atoms with Crippen LogP contribution >= 0.6 is 0 Å². The number of methoxy groups -OCH3 is 1. The van der Waals surface area contributed by atoms with E-state index >= 15 is 0 Å². The molecule has 1 saturated heterocycles. The largest absolute Gasteiger partial charge is 0.497 e. The van der Waals surface area contributed by atoms with E-state index in [1.54, 1.807) is 31.4 Å². The van der Waals surface area contributed by atoms with Gasteiger partial charge in [-0.05, 0) is 24.1 Å². The number of nitrogens with zero attached hydrogens (tertiary/aromatic N) is 1. The molecule has 6 heteroatoms. The molecule has 0 radical (unpaired) electrons. The second-order valence-electron chi connectivity index (χ2n) is 4.55. The summed E-state index contributed by atoms with van der Waals surface area (Å²) in [6, 6.07) is 6.61. The van der Waals surface area contributed by atoms with E-state index in [-0.39, 0.29) is 12.3 Å². The fourth-order valence-electron chi connectivity index (χ4n) is 2.32. The van der Waals surface area contributed by atoms with Gasteiger partial charge < -0.3 is 9.57 Å². The number of ether oxygens (including phenoxy) is 1. The number of β-lactam (4-membered cyclic amide) rings is 1. The van der Waals surface area contributed by atoms with Crippen LogP contribution in [0.25, 0.3) is 0 Å². The number of carbonyl (C=O) groups excluding carboxylic acids is 2. The summed E-state index contributed by atoms with van der Waals surface area (Å²) in [6.07, 6.45) is 0.118. The topological polar surface area (TPSA) is 55.8 Å². The maximum Gasteiger partial charge on any atom is 0.329 e. The number of rotatable bonds is 5. The van der Waals surface area contributed by atoms with Crippen LogP contribution in [0, 0.1) is 5.92 Å². The first kappa shape index (κ1) is 14.3. The maximum atomic E-state index is 12.5. The number of alkyl halides is 1. The van der Waals surface area contributed by atoms with Crippen molar-refractivity contribution in [3.8, 4) is 5.75 Å². The summed E-state index contributed by atoms with van der Waals surface area (Å²) in [4.78, 5) is 27.8. The van der Waals surface area contributed by atoms with Gasteiger partial charge in [0.25, 0.3) is 5.91 Å². The van der Waals surface area contributed by atoms with Crippen LogP contribution in [0.5, 0.6) is 5.75 Å². The Morgan fingerprint density at radius 1 is 1.35 bits per heavy atom. The first-order valence-electron chi connectivity index (χ1n) is 6.30. The quantitative estimate of drug-likeness (QED) is 0.775. The summed E-state index contributed by atoms with van der Waals surface area (Å²) < 4.78 is 17.6. The van der Waals surface area contributed by atoms with Gasteiger partial charge in [-0.25, -0.2) is 0 Å². The molecule has 1 aliphatic rings. The maximum absolute atomic E-state index is 12.5. The van der Waals surface area contributed by atoms with E-state index in [2.05, 4.69) is 0 Å². The van der Waals surface area contributed by atoms with Gasteiger partial charge in [0, 0.05) is 6.92 Å². The number of hydrogen-bond donors (Lipinski definition) is 0. The normalized spacial score (nSPS) is 21.4. The van der Waals surface area contributed by atoms with Crippen LogP contribution in [0.4, 0.5) is 4.39 Å². The van der Waals surface area contributed by atoms with E-state index < -0.39 is 24.6 Å². The van der Waals surface area contributed by atoms with E-state index in [4.69, 9.17) is 9.57 Å². The van der Waals surface area contributed by atoms with Crippen molar-refractivity contribution in [3.05, 3.63) is 29.8 Å². The molecule has 0 aliphatic carbocycles. The first-order chi connectivity index (χ1) is 9.58. The van der Waals surface area contributed by atoms with E-state index in [9.17, 15) is 14.0 Å². The summed E-state index contributed by atoms with van der Waals surface area (Å²) in [7, 11) is 1.55. The molecule has 2 atom stereocenters. The SMILES string of the molecule is COc1ccc([C@@H]2[C@@H](CCF)C(=O)N2OC(C)=O)cc1. The minimum Gasteiger partial charge on any atom is -0.497 e. The Bertz CT molecular complexity index is 502. The third-order valence-electron chi connectivity index (χ3n) is 3.27. The molecular formula is C14H16FNO4. The van der Waals surface area contributed by atoms with Crippen molar-refractivity contribution in [1.82, 2.24) is 5.06 Å². The minimum absolute atomic E-state index is 0.118. The highest BCUT2D eigenvalue weighted by molar-refractivity contribution is 5.86. The van der Waals surface area contributed by atoms with E-state index in [1.165, 1.54) is 6.92 Å². The van der Waals surface area contributed by atoms with Crippen LogP contribution in [0.15, 0.2) is 24.3 Å². The zero-order valence-corrected chi connectivity index (χ0v) is 11.3. The van der Waals surface area contributed by atoms with Gasteiger partial charge in [0.2, 0.25) is 0 Å². The molecular weight excluding hydrogens is 265 g/mol. The summed E-state index contributed by atoms with van der Waals surface area (Å²) in [5.41, 5.74) is 0.783. The third-order valence-corrected chi connectivity index (χ3v) is 3.27. The van der Waals surface area contributed by atoms with Crippen molar-refractivity contribution in [1.29, 1.82) is 0 Å². The molecule has 0 aromatic heterocycles. The minimum atomic E-state index is -0.586. The lowest BCUT2D eigenvalue weighted by Gasteiger charge is -2.44. The molecule has 1 aliphatic heterocycles. The summed E-state index contributed by atoms with van der Waals surface area (Å²) >= 11 is 0. The van der Waals surface area contributed by atoms with Crippen LogP contribution < -0.4 is 4.74 Å². The van der Waals surface area contributed by atoms with Gasteiger partial charge in [-0.3, -0.25) is 14.0 Å². The molecule has 0 unspecified atom stereocenters. The van der Waals surface area contributed by atoms with Crippen molar-refractivity contribution < 1.29 is 23.6 Å². The van der Waals surface area contributed by atoms with Gasteiger partial charge in [0.15, 0.2) is 0 Å². The van der Waals surface area contributed by atoms with Crippen LogP contribution in [0.1, 0.15) is 24.9 Å². The lowest BCUT2D eigenvalue weighted by molar-refractivity contribution is -0.239. The molecule has 108 valence electrons. The lowest BCUT2D eigenvalue weighted by Crippen LogP contribution is -2.55. The van der Waals surface area contributed by atoms with Crippen LogP contribution in [-0.4, -0.2) is 30.7 Å². The van der Waals surface area contributed by atoms with Crippen molar-refractivity contribution in [2.45, 2.75) is 19.4 Å². The second-order valence-corrected chi connectivity index (χ2v) is 4.55. The van der Waals surface area contributed by atoms with E-state index in [0.29, 0.717) is 5.75 Å². The Balaban J connectivity index is 2.22. The van der Waals surface area contributed by atoms with E-state index in [1.807, 2.05) is 0 Å². The fourth-order valence-corrected chi connectivity index (χ4v) is 2.32. The lowest BCUT2D eigenvalue weighted by atomic mass is 9.82.